The van der Waals surface area contributed by atoms with Crippen LogP contribution >= 0.6 is 0 Å². The van der Waals surface area contributed by atoms with Gasteiger partial charge in [0.15, 0.2) is 5.78 Å². The van der Waals surface area contributed by atoms with Gasteiger partial charge in [0, 0.05) is 68.5 Å². The van der Waals surface area contributed by atoms with Crippen LogP contribution in [0, 0.1) is 24.6 Å². The molecule has 1 fully saturated rings. The highest BCUT2D eigenvalue weighted by Gasteiger charge is 2.34. The summed E-state index contributed by atoms with van der Waals surface area (Å²) in [5, 5.41) is 0.313. The SMILES string of the molecule is CCc1ncc2c(F)cc(C#Cc3cc(C(=O)Cc4ccc(CN5CCN(C)CC5)c(C(F)(F)F)c4)ccc3C)cc2n1. The lowest BCUT2D eigenvalue weighted by Crippen LogP contribution is -2.44. The van der Waals surface area contributed by atoms with Gasteiger partial charge < -0.3 is 4.90 Å². The molecule has 1 aliphatic heterocycles. The molecule has 0 saturated carbocycles. The second-order valence-corrected chi connectivity index (χ2v) is 11.0. The molecule has 0 amide bonds. The maximum atomic E-state index is 14.7. The van der Waals surface area contributed by atoms with Crippen LogP contribution in [0.15, 0.2) is 54.7 Å². The van der Waals surface area contributed by atoms with E-state index in [-0.39, 0.29) is 24.3 Å². The molecule has 1 aliphatic rings. The third-order valence-electron chi connectivity index (χ3n) is 7.75. The van der Waals surface area contributed by atoms with Gasteiger partial charge in [-0.15, -0.1) is 0 Å². The van der Waals surface area contributed by atoms with Crippen LogP contribution in [0.5, 0.6) is 0 Å². The van der Waals surface area contributed by atoms with E-state index in [2.05, 4.69) is 26.7 Å². The van der Waals surface area contributed by atoms with E-state index in [1.807, 2.05) is 25.8 Å². The monoisotopic (exact) mass is 588 g/mol. The van der Waals surface area contributed by atoms with Crippen molar-refractivity contribution in [2.45, 2.75) is 39.4 Å². The Kier molecular flexibility index (Phi) is 8.90. The first-order valence-corrected chi connectivity index (χ1v) is 14.2. The summed E-state index contributed by atoms with van der Waals surface area (Å²) in [6, 6.07) is 12.2. The van der Waals surface area contributed by atoms with Crippen LogP contribution in [0.3, 0.4) is 0 Å². The smallest absolute Gasteiger partial charge is 0.304 e. The summed E-state index contributed by atoms with van der Waals surface area (Å²) < 4.78 is 56.7. The molecule has 9 heteroatoms. The number of carbonyl (C=O) groups excluding carboxylic acids is 1. The number of hydrogen-bond acceptors (Lipinski definition) is 5. The Morgan fingerprint density at radius 1 is 1.00 bits per heavy atom. The van der Waals surface area contributed by atoms with Crippen LogP contribution in [0.4, 0.5) is 17.6 Å². The number of aryl methyl sites for hydroxylation is 2. The van der Waals surface area contributed by atoms with E-state index in [1.54, 1.807) is 30.3 Å². The number of piperazine rings is 1. The molecule has 222 valence electrons. The minimum absolute atomic E-state index is 0.177. The fraction of sp³-hybridized carbons (Fsp3) is 0.324. The summed E-state index contributed by atoms with van der Waals surface area (Å²) in [5.74, 6) is 5.79. The van der Waals surface area contributed by atoms with Gasteiger partial charge in [0.1, 0.15) is 11.6 Å². The van der Waals surface area contributed by atoms with Gasteiger partial charge >= 0.3 is 6.18 Å². The number of fused-ring (bicyclic) bond motifs is 1. The molecule has 0 N–H and O–H groups in total. The van der Waals surface area contributed by atoms with E-state index >= 15 is 0 Å². The average molecular weight is 589 g/mol. The Hall–Kier alpha value is -4.13. The van der Waals surface area contributed by atoms with E-state index in [0.717, 1.165) is 24.7 Å². The molecule has 0 atom stereocenters. The number of alkyl halides is 3. The molecular weight excluding hydrogens is 556 g/mol. The standard InChI is InChI=1S/C34H32F4N4O/c1-4-33-39-20-28-30(35)16-24(17-31(28)40-33)6-9-25-19-26(8-5-22(25)2)32(43)18-23-7-10-27(29(15-23)34(36,37)38)21-42-13-11-41(3)12-14-42/h5,7-8,10,15-17,19-20H,4,11-14,18,21H2,1-3H3. The number of carbonyl (C=O) groups is 1. The first kappa shape index (κ1) is 30.3. The molecule has 0 radical (unpaired) electrons. The molecule has 0 spiro atoms. The molecule has 1 aromatic heterocycles. The van der Waals surface area contributed by atoms with E-state index < -0.39 is 17.6 Å². The summed E-state index contributed by atoms with van der Waals surface area (Å²) in [6.07, 6.45) is -2.62. The molecular formula is C34H32F4N4O. The molecule has 0 bridgehead atoms. The van der Waals surface area contributed by atoms with Gasteiger partial charge in [-0.3, -0.25) is 9.69 Å². The van der Waals surface area contributed by atoms with Gasteiger partial charge in [-0.2, -0.15) is 13.2 Å². The number of rotatable bonds is 6. The van der Waals surface area contributed by atoms with Crippen LogP contribution in [0.1, 0.15) is 56.5 Å². The number of nitrogens with zero attached hydrogens (tertiary/aromatic N) is 4. The van der Waals surface area contributed by atoms with Crippen LogP contribution in [-0.4, -0.2) is 58.8 Å². The Balaban J connectivity index is 1.36. The third-order valence-corrected chi connectivity index (χ3v) is 7.75. The van der Waals surface area contributed by atoms with E-state index in [9.17, 15) is 22.4 Å². The maximum absolute atomic E-state index is 14.7. The number of aromatic nitrogens is 2. The van der Waals surface area contributed by atoms with Crippen molar-refractivity contribution in [2.75, 3.05) is 33.2 Å². The zero-order valence-corrected chi connectivity index (χ0v) is 24.4. The van der Waals surface area contributed by atoms with E-state index in [0.29, 0.717) is 58.5 Å². The van der Waals surface area contributed by atoms with Crippen LogP contribution in [-0.2, 0) is 25.6 Å². The first-order chi connectivity index (χ1) is 20.5. The largest absolute Gasteiger partial charge is 0.416 e. The number of likely N-dealkylation sites (N-methyl/N-ethyl adjacent to an activating group) is 1. The summed E-state index contributed by atoms with van der Waals surface area (Å²) >= 11 is 0. The minimum Gasteiger partial charge on any atom is -0.304 e. The van der Waals surface area contributed by atoms with Crippen LogP contribution in [0.25, 0.3) is 10.9 Å². The number of halogens is 4. The highest BCUT2D eigenvalue weighted by molar-refractivity contribution is 5.98. The Bertz CT molecular complexity index is 1730. The third kappa shape index (κ3) is 7.27. The molecule has 5 nitrogen and oxygen atoms in total. The Morgan fingerprint density at radius 3 is 2.49 bits per heavy atom. The normalized spacial score (nSPS) is 14.5. The van der Waals surface area contributed by atoms with E-state index in [4.69, 9.17) is 0 Å². The van der Waals surface area contributed by atoms with Crippen molar-refractivity contribution in [1.29, 1.82) is 0 Å². The van der Waals surface area contributed by atoms with Gasteiger partial charge in [0.25, 0.3) is 0 Å². The van der Waals surface area contributed by atoms with Gasteiger partial charge in [-0.05, 0) is 54.9 Å². The van der Waals surface area contributed by atoms with Crippen molar-refractivity contribution >= 4 is 16.7 Å². The summed E-state index contributed by atoms with van der Waals surface area (Å²) in [5.41, 5.74) is 2.43. The molecule has 2 heterocycles. The van der Waals surface area contributed by atoms with E-state index in [1.165, 1.54) is 18.3 Å². The molecule has 0 aliphatic carbocycles. The highest BCUT2D eigenvalue weighted by atomic mass is 19.4. The summed E-state index contributed by atoms with van der Waals surface area (Å²) in [4.78, 5) is 25.9. The Morgan fingerprint density at radius 2 is 1.77 bits per heavy atom. The van der Waals surface area contributed by atoms with Crippen molar-refractivity contribution in [1.82, 2.24) is 19.8 Å². The zero-order valence-electron chi connectivity index (χ0n) is 24.4. The predicted molar refractivity (Wildman–Crippen MR) is 158 cm³/mol. The molecule has 1 saturated heterocycles. The predicted octanol–water partition coefficient (Wildman–Crippen LogP) is 6.23. The van der Waals surface area contributed by atoms with Crippen molar-refractivity contribution in [3.8, 4) is 11.8 Å². The quantitative estimate of drug-likeness (QED) is 0.152. The first-order valence-electron chi connectivity index (χ1n) is 14.2. The molecule has 43 heavy (non-hydrogen) atoms. The molecule has 3 aromatic carbocycles. The lowest BCUT2D eigenvalue weighted by atomic mass is 9.96. The lowest BCUT2D eigenvalue weighted by Gasteiger charge is -2.33. The molecule has 5 rings (SSSR count). The number of benzene rings is 3. The second kappa shape index (κ2) is 12.6. The van der Waals surface area contributed by atoms with Crippen molar-refractivity contribution in [3.05, 3.63) is 105 Å². The van der Waals surface area contributed by atoms with Crippen molar-refractivity contribution < 1.29 is 22.4 Å². The van der Waals surface area contributed by atoms with Crippen LogP contribution < -0.4 is 0 Å². The fourth-order valence-electron chi connectivity index (χ4n) is 5.11. The number of ketones is 1. The van der Waals surface area contributed by atoms with Gasteiger partial charge in [-0.25, -0.2) is 14.4 Å². The van der Waals surface area contributed by atoms with Crippen molar-refractivity contribution in [2.24, 2.45) is 0 Å². The summed E-state index contributed by atoms with van der Waals surface area (Å²) in [7, 11) is 2.00. The van der Waals surface area contributed by atoms with Gasteiger partial charge in [0.05, 0.1) is 16.5 Å². The number of Topliss-reactive ketones (excluding diaryl/α,β-unsaturated/α-hetero) is 1. The molecule has 4 aromatic rings. The average Bonchev–Trinajstić information content (AvgIpc) is 2.97. The zero-order chi connectivity index (χ0) is 30.7. The van der Waals surface area contributed by atoms with Gasteiger partial charge in [-0.1, -0.05) is 43.0 Å². The number of hydrogen-bond donors (Lipinski definition) is 0. The second-order valence-electron chi connectivity index (χ2n) is 11.0. The topological polar surface area (TPSA) is 49.3 Å². The fourth-order valence-corrected chi connectivity index (χ4v) is 5.11. The maximum Gasteiger partial charge on any atom is 0.416 e. The molecule has 0 unspecified atom stereocenters. The highest BCUT2D eigenvalue weighted by Crippen LogP contribution is 2.34. The summed E-state index contributed by atoms with van der Waals surface area (Å²) in [6.45, 7) is 7.00. The van der Waals surface area contributed by atoms with Crippen LogP contribution in [0.2, 0.25) is 0 Å². The minimum atomic E-state index is -4.53. The van der Waals surface area contributed by atoms with Crippen molar-refractivity contribution in [3.63, 3.8) is 0 Å². The van der Waals surface area contributed by atoms with Gasteiger partial charge in [0.2, 0.25) is 0 Å². The lowest BCUT2D eigenvalue weighted by molar-refractivity contribution is -0.138. The Labute approximate surface area is 248 Å².